The van der Waals surface area contributed by atoms with Crippen LogP contribution in [0.3, 0.4) is 0 Å². The highest BCUT2D eigenvalue weighted by Crippen LogP contribution is 2.31. The Morgan fingerprint density at radius 1 is 1.00 bits per heavy atom. The zero-order valence-corrected chi connectivity index (χ0v) is 14.3. The Morgan fingerprint density at radius 3 is 2.55 bits per heavy atom. The number of para-hydroxylation sites is 1. The molecule has 2 aromatic carbocycles. The Labute approximate surface area is 140 Å². The van der Waals surface area contributed by atoms with Gasteiger partial charge in [-0.25, -0.2) is 4.68 Å². The zero-order chi connectivity index (χ0) is 13.9. The van der Waals surface area contributed by atoms with Gasteiger partial charge in [0.05, 0.1) is 16.7 Å². The summed E-state index contributed by atoms with van der Waals surface area (Å²) in [4.78, 5) is 0.162. The van der Waals surface area contributed by atoms with Crippen molar-refractivity contribution in [3.8, 4) is 5.69 Å². The van der Waals surface area contributed by atoms with E-state index in [1.807, 2.05) is 41.2 Å². The number of hydrogen-bond donors (Lipinski definition) is 0. The van der Waals surface area contributed by atoms with Crippen LogP contribution in [0.5, 0.6) is 0 Å². The van der Waals surface area contributed by atoms with E-state index in [9.17, 15) is 0 Å². The minimum absolute atomic E-state index is 0.162. The largest absolute Gasteiger partial charge is 0.241 e. The lowest BCUT2D eigenvalue weighted by Crippen LogP contribution is -1.94. The van der Waals surface area contributed by atoms with Gasteiger partial charge in [-0.3, -0.25) is 0 Å². The summed E-state index contributed by atoms with van der Waals surface area (Å²) in [6.07, 6.45) is 3.97. The Kier molecular flexibility index (Phi) is 4.21. The molecule has 3 aromatic rings. The molecule has 1 heterocycles. The molecule has 0 aliphatic heterocycles. The van der Waals surface area contributed by atoms with Crippen molar-refractivity contribution in [2.24, 2.45) is 0 Å². The number of aromatic nitrogens is 2. The van der Waals surface area contributed by atoms with Crippen molar-refractivity contribution < 1.29 is 0 Å². The number of hydrogen-bond acceptors (Lipinski definition) is 1. The van der Waals surface area contributed by atoms with Crippen LogP contribution in [-0.4, -0.2) is 9.78 Å². The minimum atomic E-state index is 0.162. The van der Waals surface area contributed by atoms with E-state index in [1.165, 1.54) is 9.13 Å². The standard InChI is InChI=1S/C16H12BrIN2/c17-16(12-5-4-6-14(18)9-12)13-10-19-20(11-13)15-7-2-1-3-8-15/h1-11,16H. The normalized spacial score (nSPS) is 12.3. The van der Waals surface area contributed by atoms with E-state index < -0.39 is 0 Å². The molecule has 0 saturated carbocycles. The van der Waals surface area contributed by atoms with E-state index in [0.717, 1.165) is 11.3 Å². The molecule has 0 radical (unpaired) electrons. The summed E-state index contributed by atoms with van der Waals surface area (Å²) in [5.41, 5.74) is 3.46. The van der Waals surface area contributed by atoms with Crippen molar-refractivity contribution in [2.45, 2.75) is 4.83 Å². The van der Waals surface area contributed by atoms with Crippen LogP contribution in [0.15, 0.2) is 67.0 Å². The van der Waals surface area contributed by atoms with Gasteiger partial charge in [0.25, 0.3) is 0 Å². The zero-order valence-electron chi connectivity index (χ0n) is 10.6. The highest BCUT2D eigenvalue weighted by molar-refractivity contribution is 14.1. The van der Waals surface area contributed by atoms with E-state index >= 15 is 0 Å². The lowest BCUT2D eigenvalue weighted by Gasteiger charge is -2.08. The minimum Gasteiger partial charge on any atom is -0.241 e. The lowest BCUT2D eigenvalue weighted by atomic mass is 10.1. The molecule has 1 aromatic heterocycles. The van der Waals surface area contributed by atoms with Gasteiger partial charge in [0.15, 0.2) is 0 Å². The molecule has 3 rings (SSSR count). The average Bonchev–Trinajstić information content (AvgIpc) is 2.97. The Balaban J connectivity index is 1.90. The summed E-state index contributed by atoms with van der Waals surface area (Å²) < 4.78 is 3.14. The van der Waals surface area contributed by atoms with Crippen LogP contribution in [0, 0.1) is 3.57 Å². The Bertz CT molecular complexity index is 709. The molecule has 0 amide bonds. The van der Waals surface area contributed by atoms with E-state index in [2.05, 4.69) is 74.1 Å². The van der Waals surface area contributed by atoms with Gasteiger partial charge in [-0.05, 0) is 52.4 Å². The summed E-state index contributed by atoms with van der Waals surface area (Å²) in [6, 6.07) is 18.6. The third-order valence-electron chi connectivity index (χ3n) is 3.06. The molecule has 0 saturated heterocycles. The maximum absolute atomic E-state index is 4.44. The van der Waals surface area contributed by atoms with E-state index in [0.29, 0.717) is 0 Å². The van der Waals surface area contributed by atoms with Crippen LogP contribution in [-0.2, 0) is 0 Å². The Hall–Kier alpha value is -1.14. The van der Waals surface area contributed by atoms with Crippen LogP contribution in [0.25, 0.3) is 5.69 Å². The summed E-state index contributed by atoms with van der Waals surface area (Å²) >= 11 is 6.09. The Morgan fingerprint density at radius 2 is 1.80 bits per heavy atom. The van der Waals surface area contributed by atoms with Gasteiger partial charge in [0.2, 0.25) is 0 Å². The van der Waals surface area contributed by atoms with E-state index in [-0.39, 0.29) is 4.83 Å². The quantitative estimate of drug-likeness (QED) is 0.417. The van der Waals surface area contributed by atoms with Crippen LogP contribution in [0.2, 0.25) is 0 Å². The fraction of sp³-hybridized carbons (Fsp3) is 0.0625. The fourth-order valence-corrected chi connectivity index (χ4v) is 3.13. The summed E-state index contributed by atoms with van der Waals surface area (Å²) in [7, 11) is 0. The molecule has 0 bridgehead atoms. The second-order valence-electron chi connectivity index (χ2n) is 4.47. The molecule has 0 aliphatic rings. The molecule has 4 heteroatoms. The molecular weight excluding hydrogens is 427 g/mol. The van der Waals surface area contributed by atoms with Crippen molar-refractivity contribution in [2.75, 3.05) is 0 Å². The highest BCUT2D eigenvalue weighted by atomic mass is 127. The van der Waals surface area contributed by atoms with Crippen molar-refractivity contribution >= 4 is 38.5 Å². The van der Waals surface area contributed by atoms with Gasteiger partial charge in [-0.2, -0.15) is 5.10 Å². The number of halogens is 2. The van der Waals surface area contributed by atoms with Gasteiger partial charge in [-0.15, -0.1) is 0 Å². The van der Waals surface area contributed by atoms with Crippen molar-refractivity contribution in [3.05, 3.63) is 81.7 Å². The molecule has 0 fully saturated rings. The first kappa shape index (κ1) is 13.8. The molecule has 100 valence electrons. The van der Waals surface area contributed by atoms with E-state index in [1.54, 1.807) is 0 Å². The van der Waals surface area contributed by atoms with Gasteiger partial charge < -0.3 is 0 Å². The summed E-state index contributed by atoms with van der Waals surface area (Å²) in [6.45, 7) is 0. The molecule has 2 nitrogen and oxygen atoms in total. The van der Waals surface area contributed by atoms with Crippen LogP contribution >= 0.6 is 38.5 Å². The molecule has 1 atom stereocenters. The second-order valence-corrected chi connectivity index (χ2v) is 6.63. The first-order valence-corrected chi connectivity index (χ1v) is 8.23. The van der Waals surface area contributed by atoms with Crippen LogP contribution < -0.4 is 0 Å². The molecule has 0 N–H and O–H groups in total. The number of benzene rings is 2. The summed E-state index contributed by atoms with van der Waals surface area (Å²) in [5, 5.41) is 4.44. The predicted octanol–water partition coefficient (Wildman–Crippen LogP) is 4.96. The van der Waals surface area contributed by atoms with Gasteiger partial charge in [-0.1, -0.05) is 46.3 Å². The highest BCUT2D eigenvalue weighted by Gasteiger charge is 2.13. The predicted molar refractivity (Wildman–Crippen MR) is 93.5 cm³/mol. The molecule has 0 aliphatic carbocycles. The maximum atomic E-state index is 4.44. The molecule has 1 unspecified atom stereocenters. The van der Waals surface area contributed by atoms with Gasteiger partial charge >= 0.3 is 0 Å². The molecule has 0 spiro atoms. The third-order valence-corrected chi connectivity index (χ3v) is 4.79. The third kappa shape index (κ3) is 2.96. The first-order chi connectivity index (χ1) is 9.74. The maximum Gasteiger partial charge on any atom is 0.0676 e. The van der Waals surface area contributed by atoms with Crippen LogP contribution in [0.1, 0.15) is 16.0 Å². The monoisotopic (exact) mass is 438 g/mol. The van der Waals surface area contributed by atoms with Crippen molar-refractivity contribution in [1.29, 1.82) is 0 Å². The SMILES string of the molecule is BrC(c1cccc(I)c1)c1cnn(-c2ccccc2)c1. The fourth-order valence-electron chi connectivity index (χ4n) is 2.05. The van der Waals surface area contributed by atoms with Crippen molar-refractivity contribution in [1.82, 2.24) is 9.78 Å². The van der Waals surface area contributed by atoms with Gasteiger partial charge in [0, 0.05) is 15.3 Å². The summed E-state index contributed by atoms with van der Waals surface area (Å²) in [5.74, 6) is 0. The topological polar surface area (TPSA) is 17.8 Å². The van der Waals surface area contributed by atoms with Crippen LogP contribution in [0.4, 0.5) is 0 Å². The first-order valence-electron chi connectivity index (χ1n) is 6.23. The average molecular weight is 439 g/mol. The smallest absolute Gasteiger partial charge is 0.0676 e. The van der Waals surface area contributed by atoms with Crippen molar-refractivity contribution in [3.63, 3.8) is 0 Å². The molecular formula is C16H12BrIN2. The molecule has 20 heavy (non-hydrogen) atoms. The second kappa shape index (κ2) is 6.10. The lowest BCUT2D eigenvalue weighted by molar-refractivity contribution is 0.880. The van der Waals surface area contributed by atoms with E-state index in [4.69, 9.17) is 0 Å². The number of alkyl halides is 1. The van der Waals surface area contributed by atoms with Gasteiger partial charge in [0.1, 0.15) is 0 Å². The number of rotatable bonds is 3. The number of nitrogens with zero attached hydrogens (tertiary/aromatic N) is 2.